The van der Waals surface area contributed by atoms with Crippen LogP contribution in [0.15, 0.2) is 0 Å². The Kier molecular flexibility index (Phi) is 8.35. The van der Waals surface area contributed by atoms with Crippen molar-refractivity contribution in [2.45, 2.75) is 106 Å². The van der Waals surface area contributed by atoms with Gasteiger partial charge in [0.25, 0.3) is 0 Å². The highest BCUT2D eigenvalue weighted by Gasteiger charge is 2.37. The van der Waals surface area contributed by atoms with Gasteiger partial charge in [0.15, 0.2) is 0 Å². The largest absolute Gasteiger partial charge is 0.0651 e. The lowest BCUT2D eigenvalue weighted by atomic mass is 9.61. The summed E-state index contributed by atoms with van der Waals surface area (Å²) in [7, 11) is 0. The van der Waals surface area contributed by atoms with Crippen LogP contribution < -0.4 is 0 Å². The molecule has 0 bridgehead atoms. The van der Waals surface area contributed by atoms with Crippen molar-refractivity contribution >= 4 is 0 Å². The SMILES string of the molecule is CCC(C)CCCCCC(C)(CC)C(C)C(C)C1CCC1. The van der Waals surface area contributed by atoms with Gasteiger partial charge in [0, 0.05) is 0 Å². The molecule has 126 valence electrons. The summed E-state index contributed by atoms with van der Waals surface area (Å²) in [5, 5.41) is 0. The van der Waals surface area contributed by atoms with Gasteiger partial charge in [-0.05, 0) is 35.5 Å². The van der Waals surface area contributed by atoms with Crippen molar-refractivity contribution in [2.75, 3.05) is 0 Å². The fourth-order valence-electron chi connectivity index (χ4n) is 4.14. The highest BCUT2D eigenvalue weighted by Crippen LogP contribution is 2.46. The second kappa shape index (κ2) is 9.21. The van der Waals surface area contributed by atoms with E-state index in [1.807, 2.05) is 0 Å². The fraction of sp³-hybridized carbons (Fsp3) is 1.00. The fourth-order valence-corrected chi connectivity index (χ4v) is 4.14. The lowest BCUT2D eigenvalue weighted by Gasteiger charge is -2.44. The topological polar surface area (TPSA) is 0 Å². The predicted molar refractivity (Wildman–Crippen MR) is 96.6 cm³/mol. The van der Waals surface area contributed by atoms with Gasteiger partial charge < -0.3 is 0 Å². The van der Waals surface area contributed by atoms with Crippen LogP contribution in [-0.4, -0.2) is 0 Å². The molecule has 0 heterocycles. The maximum absolute atomic E-state index is 2.57. The van der Waals surface area contributed by atoms with E-state index in [1.54, 1.807) is 0 Å². The summed E-state index contributed by atoms with van der Waals surface area (Å²) < 4.78 is 0. The van der Waals surface area contributed by atoms with Crippen molar-refractivity contribution in [3.05, 3.63) is 0 Å². The van der Waals surface area contributed by atoms with E-state index in [4.69, 9.17) is 0 Å². The van der Waals surface area contributed by atoms with Crippen molar-refractivity contribution in [1.29, 1.82) is 0 Å². The predicted octanol–water partition coefficient (Wildman–Crippen LogP) is 7.47. The Morgan fingerprint density at radius 1 is 1.00 bits per heavy atom. The molecule has 0 aromatic rings. The molecule has 1 aliphatic carbocycles. The molecule has 0 amide bonds. The second-order valence-electron chi connectivity index (χ2n) is 8.46. The van der Waals surface area contributed by atoms with E-state index in [-0.39, 0.29) is 0 Å². The van der Waals surface area contributed by atoms with Crippen LogP contribution in [0.5, 0.6) is 0 Å². The van der Waals surface area contributed by atoms with E-state index < -0.39 is 0 Å². The van der Waals surface area contributed by atoms with Crippen molar-refractivity contribution in [3.63, 3.8) is 0 Å². The molecule has 1 fully saturated rings. The minimum atomic E-state index is 0.575. The molecule has 0 saturated heterocycles. The van der Waals surface area contributed by atoms with Gasteiger partial charge >= 0.3 is 0 Å². The quantitative estimate of drug-likeness (QED) is 0.347. The molecule has 0 nitrogen and oxygen atoms in total. The van der Waals surface area contributed by atoms with E-state index in [2.05, 4.69) is 41.5 Å². The van der Waals surface area contributed by atoms with Crippen LogP contribution in [0.2, 0.25) is 0 Å². The van der Waals surface area contributed by atoms with E-state index in [0.717, 1.165) is 23.7 Å². The molecule has 1 saturated carbocycles. The first kappa shape index (κ1) is 19.0. The van der Waals surface area contributed by atoms with Crippen LogP contribution in [0, 0.1) is 29.1 Å². The number of unbranched alkanes of at least 4 members (excludes halogenated alkanes) is 2. The minimum Gasteiger partial charge on any atom is -0.0651 e. The molecule has 0 heteroatoms. The Balaban J connectivity index is 2.33. The summed E-state index contributed by atoms with van der Waals surface area (Å²) in [4.78, 5) is 0. The van der Waals surface area contributed by atoms with Gasteiger partial charge in [-0.3, -0.25) is 0 Å². The summed E-state index contributed by atoms with van der Waals surface area (Å²) in [6.45, 7) is 14.8. The monoisotopic (exact) mass is 294 g/mol. The third kappa shape index (κ3) is 5.61. The summed E-state index contributed by atoms with van der Waals surface area (Å²) in [5.41, 5.74) is 0.575. The van der Waals surface area contributed by atoms with Crippen molar-refractivity contribution in [1.82, 2.24) is 0 Å². The van der Waals surface area contributed by atoms with Crippen LogP contribution in [0.1, 0.15) is 106 Å². The Morgan fingerprint density at radius 2 is 1.67 bits per heavy atom. The maximum atomic E-state index is 2.57. The van der Waals surface area contributed by atoms with Crippen LogP contribution in [0.4, 0.5) is 0 Å². The third-order valence-electron chi connectivity index (χ3n) is 7.23. The molecule has 4 unspecified atom stereocenters. The molecule has 0 N–H and O–H groups in total. The van der Waals surface area contributed by atoms with Gasteiger partial charge in [-0.2, -0.15) is 0 Å². The molecular weight excluding hydrogens is 252 g/mol. The summed E-state index contributed by atoms with van der Waals surface area (Å²) >= 11 is 0. The summed E-state index contributed by atoms with van der Waals surface area (Å²) in [6, 6.07) is 0. The molecule has 1 rings (SSSR count). The standard InChI is InChI=1S/C21H42/c1-7-17(3)13-10-9-11-16-21(6,8-2)19(5)18(4)20-14-12-15-20/h17-20H,7-16H2,1-6H3. The molecule has 1 aliphatic rings. The third-order valence-corrected chi connectivity index (χ3v) is 7.23. The summed E-state index contributed by atoms with van der Waals surface area (Å²) in [5.74, 6) is 3.79. The van der Waals surface area contributed by atoms with E-state index in [0.29, 0.717) is 5.41 Å². The van der Waals surface area contributed by atoms with Crippen molar-refractivity contribution < 1.29 is 0 Å². The molecular formula is C21H42. The Labute approximate surface area is 135 Å². The second-order valence-corrected chi connectivity index (χ2v) is 8.46. The zero-order valence-electron chi connectivity index (χ0n) is 15.9. The summed E-state index contributed by atoms with van der Waals surface area (Å²) in [6.07, 6.45) is 14.4. The first-order valence-electron chi connectivity index (χ1n) is 9.94. The van der Waals surface area contributed by atoms with Gasteiger partial charge in [-0.1, -0.05) is 99.3 Å². The number of hydrogen-bond acceptors (Lipinski definition) is 0. The number of rotatable bonds is 11. The zero-order chi connectivity index (χ0) is 15.9. The van der Waals surface area contributed by atoms with Gasteiger partial charge in [0.1, 0.15) is 0 Å². The first-order valence-corrected chi connectivity index (χ1v) is 9.94. The molecule has 21 heavy (non-hydrogen) atoms. The van der Waals surface area contributed by atoms with Crippen LogP contribution in [0.3, 0.4) is 0 Å². The zero-order valence-corrected chi connectivity index (χ0v) is 15.9. The lowest BCUT2D eigenvalue weighted by molar-refractivity contribution is 0.0602. The van der Waals surface area contributed by atoms with Crippen LogP contribution in [-0.2, 0) is 0 Å². The van der Waals surface area contributed by atoms with Gasteiger partial charge in [-0.15, -0.1) is 0 Å². The Bertz CT molecular complexity index is 265. The smallest absolute Gasteiger partial charge is 0.0300 e. The molecule has 0 aromatic heterocycles. The van der Waals surface area contributed by atoms with Crippen molar-refractivity contribution in [2.24, 2.45) is 29.1 Å². The molecule has 0 aromatic carbocycles. The minimum absolute atomic E-state index is 0.575. The lowest BCUT2D eigenvalue weighted by Crippen LogP contribution is -2.35. The average Bonchev–Trinajstić information content (AvgIpc) is 2.43. The first-order chi connectivity index (χ1) is 9.94. The van der Waals surface area contributed by atoms with E-state index in [9.17, 15) is 0 Å². The Hall–Kier alpha value is 0. The normalized spacial score (nSPS) is 23.1. The highest BCUT2D eigenvalue weighted by atomic mass is 14.4. The highest BCUT2D eigenvalue weighted by molar-refractivity contribution is 4.87. The van der Waals surface area contributed by atoms with E-state index in [1.165, 1.54) is 64.2 Å². The van der Waals surface area contributed by atoms with Gasteiger partial charge in [-0.25, -0.2) is 0 Å². The number of hydrogen-bond donors (Lipinski definition) is 0. The van der Waals surface area contributed by atoms with Crippen molar-refractivity contribution in [3.8, 4) is 0 Å². The molecule has 4 atom stereocenters. The average molecular weight is 295 g/mol. The van der Waals surface area contributed by atoms with Crippen LogP contribution in [0.25, 0.3) is 0 Å². The molecule has 0 radical (unpaired) electrons. The molecule has 0 aliphatic heterocycles. The van der Waals surface area contributed by atoms with E-state index >= 15 is 0 Å². The van der Waals surface area contributed by atoms with Gasteiger partial charge in [0.2, 0.25) is 0 Å². The Morgan fingerprint density at radius 3 is 2.14 bits per heavy atom. The van der Waals surface area contributed by atoms with Gasteiger partial charge in [0.05, 0.1) is 0 Å². The maximum Gasteiger partial charge on any atom is -0.0300 e. The van der Waals surface area contributed by atoms with Crippen LogP contribution >= 0.6 is 0 Å². The molecule has 0 spiro atoms.